The topological polar surface area (TPSA) is 94.8 Å². The predicted molar refractivity (Wildman–Crippen MR) is 122 cm³/mol. The van der Waals surface area contributed by atoms with Gasteiger partial charge in [-0.15, -0.1) is 5.10 Å². The molecule has 0 aliphatic carbocycles. The number of para-hydroxylation sites is 2. The van der Waals surface area contributed by atoms with Gasteiger partial charge in [0, 0.05) is 11.3 Å². The van der Waals surface area contributed by atoms with Crippen molar-refractivity contribution in [2.45, 2.75) is 13.5 Å². The fraction of sp³-hybridized carbons (Fsp3) is 0.125. The SMILES string of the molecule is CCOC(=O)Cn1nnc2cc(Nc3nc4ccccc4nc3-c3ccccc3)ccc21. The summed E-state index contributed by atoms with van der Waals surface area (Å²) in [6, 6.07) is 23.4. The third-order valence-electron chi connectivity index (χ3n) is 4.98. The van der Waals surface area contributed by atoms with Gasteiger partial charge in [0.2, 0.25) is 0 Å². The Kier molecular flexibility index (Phi) is 5.17. The molecule has 5 aromatic rings. The molecule has 0 radical (unpaired) electrons. The molecule has 3 aromatic carbocycles. The van der Waals surface area contributed by atoms with Gasteiger partial charge in [-0.2, -0.15) is 0 Å². The minimum absolute atomic E-state index is 0.0193. The molecule has 8 nitrogen and oxygen atoms in total. The van der Waals surface area contributed by atoms with Gasteiger partial charge in [0.05, 0.1) is 23.2 Å². The summed E-state index contributed by atoms with van der Waals surface area (Å²) in [5.41, 5.74) is 5.56. The number of nitrogens with zero attached hydrogens (tertiary/aromatic N) is 5. The quantitative estimate of drug-likeness (QED) is 0.405. The summed E-state index contributed by atoms with van der Waals surface area (Å²) in [6.07, 6.45) is 0. The first-order valence-electron chi connectivity index (χ1n) is 10.3. The molecule has 1 N–H and O–H groups in total. The van der Waals surface area contributed by atoms with E-state index in [-0.39, 0.29) is 12.5 Å². The molecule has 0 aliphatic heterocycles. The van der Waals surface area contributed by atoms with Gasteiger partial charge in [-0.1, -0.05) is 47.7 Å². The van der Waals surface area contributed by atoms with Crippen LogP contribution in [-0.4, -0.2) is 37.5 Å². The van der Waals surface area contributed by atoms with E-state index in [0.29, 0.717) is 17.9 Å². The maximum absolute atomic E-state index is 11.8. The Hall–Kier alpha value is -4.33. The molecule has 0 saturated heterocycles. The molecule has 2 heterocycles. The highest BCUT2D eigenvalue weighted by Gasteiger charge is 2.14. The van der Waals surface area contributed by atoms with Crippen molar-refractivity contribution in [2.75, 3.05) is 11.9 Å². The average Bonchev–Trinajstić information content (AvgIpc) is 3.21. The summed E-state index contributed by atoms with van der Waals surface area (Å²) in [5.74, 6) is 0.300. The van der Waals surface area contributed by atoms with Crippen molar-refractivity contribution < 1.29 is 9.53 Å². The Morgan fingerprint density at radius 1 is 0.938 bits per heavy atom. The fourth-order valence-electron chi connectivity index (χ4n) is 3.52. The monoisotopic (exact) mass is 424 g/mol. The fourth-order valence-corrected chi connectivity index (χ4v) is 3.52. The van der Waals surface area contributed by atoms with Crippen LogP contribution < -0.4 is 5.32 Å². The van der Waals surface area contributed by atoms with Crippen LogP contribution in [0.4, 0.5) is 11.5 Å². The van der Waals surface area contributed by atoms with E-state index in [2.05, 4.69) is 15.6 Å². The number of hydrogen-bond acceptors (Lipinski definition) is 7. The zero-order valence-corrected chi connectivity index (χ0v) is 17.4. The van der Waals surface area contributed by atoms with Crippen molar-refractivity contribution in [2.24, 2.45) is 0 Å². The first-order chi connectivity index (χ1) is 15.7. The molecule has 5 rings (SSSR count). The van der Waals surface area contributed by atoms with Gasteiger partial charge in [0.1, 0.15) is 17.8 Å². The molecule has 0 amide bonds. The molecule has 0 aliphatic rings. The molecule has 0 bridgehead atoms. The van der Waals surface area contributed by atoms with Crippen LogP contribution >= 0.6 is 0 Å². The number of aromatic nitrogens is 5. The maximum Gasteiger partial charge on any atom is 0.327 e. The number of carbonyl (C=O) groups is 1. The zero-order chi connectivity index (χ0) is 21.9. The van der Waals surface area contributed by atoms with Crippen molar-refractivity contribution in [3.8, 4) is 11.3 Å². The molecule has 2 aromatic heterocycles. The minimum Gasteiger partial charge on any atom is -0.465 e. The third kappa shape index (κ3) is 3.85. The van der Waals surface area contributed by atoms with Gasteiger partial charge in [0.15, 0.2) is 5.82 Å². The molecule has 0 unspecified atom stereocenters. The third-order valence-corrected chi connectivity index (χ3v) is 4.98. The Balaban J connectivity index is 1.52. The number of esters is 1. The minimum atomic E-state index is -0.347. The van der Waals surface area contributed by atoms with E-state index in [0.717, 1.165) is 33.5 Å². The van der Waals surface area contributed by atoms with Crippen LogP contribution in [0.2, 0.25) is 0 Å². The van der Waals surface area contributed by atoms with Gasteiger partial charge >= 0.3 is 5.97 Å². The molecule has 8 heteroatoms. The lowest BCUT2D eigenvalue weighted by molar-refractivity contribution is -0.143. The van der Waals surface area contributed by atoms with E-state index < -0.39 is 0 Å². The molecule has 0 fully saturated rings. The van der Waals surface area contributed by atoms with Crippen molar-refractivity contribution >= 4 is 39.5 Å². The van der Waals surface area contributed by atoms with Gasteiger partial charge < -0.3 is 10.1 Å². The molecule has 0 saturated carbocycles. The van der Waals surface area contributed by atoms with E-state index >= 15 is 0 Å². The predicted octanol–water partition coefficient (Wildman–Crippen LogP) is 4.35. The highest BCUT2D eigenvalue weighted by molar-refractivity contribution is 5.86. The summed E-state index contributed by atoms with van der Waals surface area (Å²) in [4.78, 5) is 21.5. The highest BCUT2D eigenvalue weighted by atomic mass is 16.5. The standard InChI is InChI=1S/C24H20N6O2/c1-2-32-22(31)15-30-21-13-12-17(14-20(21)28-29-30)25-24-23(16-8-4-3-5-9-16)26-18-10-6-7-11-19(18)27-24/h3-14H,2,15H2,1H3,(H,25,27). The lowest BCUT2D eigenvalue weighted by Gasteiger charge is -2.12. The lowest BCUT2D eigenvalue weighted by atomic mass is 10.1. The van der Waals surface area contributed by atoms with Crippen LogP contribution in [-0.2, 0) is 16.1 Å². The van der Waals surface area contributed by atoms with Crippen molar-refractivity contribution in [3.63, 3.8) is 0 Å². The van der Waals surface area contributed by atoms with Gasteiger partial charge in [-0.3, -0.25) is 4.79 Å². The van der Waals surface area contributed by atoms with Crippen LogP contribution in [0.1, 0.15) is 6.92 Å². The van der Waals surface area contributed by atoms with Gasteiger partial charge in [0.25, 0.3) is 0 Å². The van der Waals surface area contributed by atoms with E-state index in [1.165, 1.54) is 4.68 Å². The number of nitrogens with one attached hydrogen (secondary N) is 1. The van der Waals surface area contributed by atoms with Crippen LogP contribution in [0.5, 0.6) is 0 Å². The second kappa shape index (κ2) is 8.43. The molecule has 158 valence electrons. The van der Waals surface area contributed by atoms with Crippen LogP contribution in [0.25, 0.3) is 33.3 Å². The lowest BCUT2D eigenvalue weighted by Crippen LogP contribution is -2.14. The van der Waals surface area contributed by atoms with E-state index in [9.17, 15) is 4.79 Å². The first-order valence-corrected chi connectivity index (χ1v) is 10.3. The summed E-state index contributed by atoms with van der Waals surface area (Å²) in [6.45, 7) is 2.12. The van der Waals surface area contributed by atoms with E-state index in [1.807, 2.05) is 72.8 Å². The first kappa shape index (κ1) is 19.6. The molecule has 0 atom stereocenters. The van der Waals surface area contributed by atoms with Crippen LogP contribution in [0, 0.1) is 0 Å². The Bertz CT molecular complexity index is 1410. The normalized spacial score (nSPS) is 11.0. The van der Waals surface area contributed by atoms with E-state index in [1.54, 1.807) is 6.92 Å². The Morgan fingerprint density at radius 3 is 2.47 bits per heavy atom. The van der Waals surface area contributed by atoms with Crippen molar-refractivity contribution in [1.29, 1.82) is 0 Å². The number of ether oxygens (including phenoxy) is 1. The number of benzene rings is 3. The van der Waals surface area contributed by atoms with Crippen molar-refractivity contribution in [1.82, 2.24) is 25.0 Å². The average molecular weight is 424 g/mol. The van der Waals surface area contributed by atoms with Crippen molar-refractivity contribution in [3.05, 3.63) is 72.8 Å². The second-order valence-corrected chi connectivity index (χ2v) is 7.16. The summed E-state index contributed by atoms with van der Waals surface area (Å²) in [7, 11) is 0. The number of fused-ring (bicyclic) bond motifs is 2. The number of rotatable bonds is 6. The van der Waals surface area contributed by atoms with E-state index in [4.69, 9.17) is 14.7 Å². The Morgan fingerprint density at radius 2 is 1.69 bits per heavy atom. The summed E-state index contributed by atoms with van der Waals surface area (Å²) >= 11 is 0. The smallest absolute Gasteiger partial charge is 0.327 e. The number of anilines is 2. The molecular weight excluding hydrogens is 404 g/mol. The largest absolute Gasteiger partial charge is 0.465 e. The van der Waals surface area contributed by atoms with Crippen LogP contribution in [0.15, 0.2) is 72.8 Å². The maximum atomic E-state index is 11.8. The second-order valence-electron chi connectivity index (χ2n) is 7.16. The molecular formula is C24H20N6O2. The highest BCUT2D eigenvalue weighted by Crippen LogP contribution is 2.30. The Labute approximate surface area is 183 Å². The molecule has 32 heavy (non-hydrogen) atoms. The van der Waals surface area contributed by atoms with Gasteiger partial charge in [-0.25, -0.2) is 14.6 Å². The van der Waals surface area contributed by atoms with Crippen LogP contribution in [0.3, 0.4) is 0 Å². The number of hydrogen-bond donors (Lipinski definition) is 1. The van der Waals surface area contributed by atoms with Gasteiger partial charge in [-0.05, 0) is 37.3 Å². The summed E-state index contributed by atoms with van der Waals surface area (Å²) < 4.78 is 6.53. The summed E-state index contributed by atoms with van der Waals surface area (Å²) in [5, 5.41) is 11.7. The zero-order valence-electron chi connectivity index (χ0n) is 17.4. The number of carbonyl (C=O) groups excluding carboxylic acids is 1. The molecule has 0 spiro atoms.